The number of benzene rings is 1. The normalized spacial score (nSPS) is 26.4. The number of carbonyl (C=O) groups is 2. The number of piperidine rings is 1. The van der Waals surface area contributed by atoms with E-state index in [-0.39, 0.29) is 23.7 Å². The molecular weight excluding hydrogens is 334 g/mol. The van der Waals surface area contributed by atoms with Crippen LogP contribution in [0, 0.1) is 5.92 Å². The van der Waals surface area contributed by atoms with Gasteiger partial charge in [-0.25, -0.2) is 4.98 Å². The summed E-state index contributed by atoms with van der Waals surface area (Å²) in [6.45, 7) is 0.700. The first-order chi connectivity index (χ1) is 12.2. The summed E-state index contributed by atoms with van der Waals surface area (Å²) >= 11 is 1.67. The number of para-hydroxylation sites is 1. The maximum absolute atomic E-state index is 12.9. The zero-order valence-corrected chi connectivity index (χ0v) is 14.7. The lowest BCUT2D eigenvalue weighted by Gasteiger charge is -2.29. The van der Waals surface area contributed by atoms with Crippen LogP contribution in [0.25, 0.3) is 10.2 Å². The van der Waals surface area contributed by atoms with Crippen LogP contribution in [0.5, 0.6) is 0 Å². The smallest absolute Gasteiger partial charge is 0.242 e. The zero-order valence-electron chi connectivity index (χ0n) is 13.9. The molecule has 0 radical (unpaired) electrons. The number of hydrogen-bond donors (Lipinski definition) is 2. The van der Waals surface area contributed by atoms with E-state index in [0.29, 0.717) is 19.4 Å². The van der Waals surface area contributed by atoms with Gasteiger partial charge < -0.3 is 10.6 Å². The van der Waals surface area contributed by atoms with Crippen LogP contribution in [0.3, 0.4) is 0 Å². The summed E-state index contributed by atoms with van der Waals surface area (Å²) < 4.78 is 1.15. The molecule has 2 aliphatic rings. The molecule has 0 unspecified atom stereocenters. The van der Waals surface area contributed by atoms with Crippen molar-refractivity contribution < 1.29 is 9.59 Å². The SMILES string of the molecule is O=C1NCCC[C@@H]1NC(=O)[C@H]1CC=CC[C@H]1c1nc2ccccc2s1. The van der Waals surface area contributed by atoms with Crippen molar-refractivity contribution >= 4 is 33.4 Å². The number of fused-ring (bicyclic) bond motifs is 1. The van der Waals surface area contributed by atoms with E-state index in [9.17, 15) is 9.59 Å². The minimum Gasteiger partial charge on any atom is -0.354 e. The van der Waals surface area contributed by atoms with Crippen molar-refractivity contribution in [3.05, 3.63) is 41.4 Å². The zero-order chi connectivity index (χ0) is 17.2. The Hall–Kier alpha value is -2.21. The molecule has 25 heavy (non-hydrogen) atoms. The van der Waals surface area contributed by atoms with Crippen LogP contribution >= 0.6 is 11.3 Å². The molecule has 130 valence electrons. The monoisotopic (exact) mass is 355 g/mol. The number of allylic oxidation sites excluding steroid dienone is 2. The van der Waals surface area contributed by atoms with Crippen LogP contribution in [-0.2, 0) is 9.59 Å². The Morgan fingerprint density at radius 1 is 1.24 bits per heavy atom. The molecule has 2 N–H and O–H groups in total. The molecule has 1 aromatic carbocycles. The molecule has 1 aromatic heterocycles. The second-order valence-corrected chi connectivity index (χ2v) is 7.73. The highest BCUT2D eigenvalue weighted by Crippen LogP contribution is 2.38. The summed E-state index contributed by atoms with van der Waals surface area (Å²) in [4.78, 5) is 29.6. The number of aromatic nitrogens is 1. The number of nitrogens with one attached hydrogen (secondary N) is 2. The van der Waals surface area contributed by atoms with Gasteiger partial charge in [0.2, 0.25) is 11.8 Å². The Morgan fingerprint density at radius 3 is 2.92 bits per heavy atom. The maximum atomic E-state index is 12.9. The van der Waals surface area contributed by atoms with Gasteiger partial charge >= 0.3 is 0 Å². The van der Waals surface area contributed by atoms with Crippen LogP contribution in [0.4, 0.5) is 0 Å². The largest absolute Gasteiger partial charge is 0.354 e. The minimum atomic E-state index is -0.400. The summed E-state index contributed by atoms with van der Waals surface area (Å²) in [5.74, 6) is -0.188. The van der Waals surface area contributed by atoms with E-state index >= 15 is 0 Å². The quantitative estimate of drug-likeness (QED) is 0.832. The molecule has 6 heteroatoms. The summed E-state index contributed by atoms with van der Waals surface area (Å²) in [7, 11) is 0. The minimum absolute atomic E-state index is 0.0318. The average Bonchev–Trinajstić information content (AvgIpc) is 3.07. The highest BCUT2D eigenvalue weighted by atomic mass is 32.1. The second kappa shape index (κ2) is 6.96. The molecule has 2 heterocycles. The van der Waals surface area contributed by atoms with Crippen molar-refractivity contribution in [3.63, 3.8) is 0 Å². The van der Waals surface area contributed by atoms with Crippen LogP contribution in [-0.4, -0.2) is 29.4 Å². The van der Waals surface area contributed by atoms with Crippen LogP contribution in [0.15, 0.2) is 36.4 Å². The van der Waals surface area contributed by atoms with Gasteiger partial charge in [0.1, 0.15) is 6.04 Å². The summed E-state index contributed by atoms with van der Waals surface area (Å²) in [6, 6.07) is 7.67. The molecule has 1 aliphatic carbocycles. The summed E-state index contributed by atoms with van der Waals surface area (Å²) in [5, 5.41) is 6.80. The van der Waals surface area contributed by atoms with Gasteiger partial charge in [-0.2, -0.15) is 0 Å². The fourth-order valence-corrected chi connectivity index (χ4v) is 4.76. The third-order valence-corrected chi connectivity index (χ3v) is 6.17. The first-order valence-corrected chi connectivity index (χ1v) is 9.62. The van der Waals surface area contributed by atoms with E-state index in [4.69, 9.17) is 4.98 Å². The third-order valence-electron chi connectivity index (χ3n) is 5.00. The summed E-state index contributed by atoms with van der Waals surface area (Å²) in [6.07, 6.45) is 7.33. The van der Waals surface area contributed by atoms with Gasteiger partial charge in [0, 0.05) is 12.5 Å². The topological polar surface area (TPSA) is 71.1 Å². The molecule has 2 amide bonds. The number of amides is 2. The third kappa shape index (κ3) is 3.31. The van der Waals surface area contributed by atoms with E-state index in [2.05, 4.69) is 28.9 Å². The van der Waals surface area contributed by atoms with Crippen molar-refractivity contribution in [2.24, 2.45) is 5.92 Å². The van der Waals surface area contributed by atoms with Crippen molar-refractivity contribution in [1.29, 1.82) is 0 Å². The highest BCUT2D eigenvalue weighted by molar-refractivity contribution is 7.18. The molecule has 0 saturated carbocycles. The van der Waals surface area contributed by atoms with Gasteiger partial charge in [-0.15, -0.1) is 11.3 Å². The van der Waals surface area contributed by atoms with Gasteiger partial charge in [0.05, 0.1) is 21.1 Å². The molecule has 1 fully saturated rings. The molecule has 1 aliphatic heterocycles. The van der Waals surface area contributed by atoms with E-state index in [1.54, 1.807) is 11.3 Å². The standard InChI is InChI=1S/C19H21N3O2S/c23-17(21-15-9-5-11-20-18(15)24)12-6-1-2-7-13(12)19-22-14-8-3-4-10-16(14)25-19/h1-4,8,10,12-13,15H,5-7,9,11H2,(H,20,24)(H,21,23)/t12-,13+,15-/m0/s1. The van der Waals surface area contributed by atoms with Crippen LogP contribution in [0.1, 0.15) is 36.6 Å². The number of carbonyl (C=O) groups excluding carboxylic acids is 2. The Balaban J connectivity index is 1.55. The van der Waals surface area contributed by atoms with Gasteiger partial charge in [0.25, 0.3) is 0 Å². The lowest BCUT2D eigenvalue weighted by Crippen LogP contribution is -2.52. The Morgan fingerprint density at radius 2 is 2.08 bits per heavy atom. The molecule has 0 spiro atoms. The first kappa shape index (κ1) is 16.3. The molecular formula is C19H21N3O2S. The van der Waals surface area contributed by atoms with Crippen molar-refractivity contribution in [2.75, 3.05) is 6.54 Å². The van der Waals surface area contributed by atoms with Gasteiger partial charge in [-0.3, -0.25) is 9.59 Å². The lowest BCUT2D eigenvalue weighted by molar-refractivity contribution is -0.132. The number of nitrogens with zero attached hydrogens (tertiary/aromatic N) is 1. The fraction of sp³-hybridized carbons (Fsp3) is 0.421. The van der Waals surface area contributed by atoms with Gasteiger partial charge in [-0.1, -0.05) is 24.3 Å². The predicted molar refractivity (Wildman–Crippen MR) is 98.4 cm³/mol. The molecule has 5 nitrogen and oxygen atoms in total. The number of hydrogen-bond acceptors (Lipinski definition) is 4. The Kier molecular flexibility index (Phi) is 4.53. The Bertz CT molecular complexity index is 796. The molecule has 1 saturated heterocycles. The van der Waals surface area contributed by atoms with Crippen molar-refractivity contribution in [1.82, 2.24) is 15.6 Å². The maximum Gasteiger partial charge on any atom is 0.242 e. The predicted octanol–water partition coefficient (Wildman–Crippen LogP) is 2.74. The van der Waals surface area contributed by atoms with E-state index in [0.717, 1.165) is 28.1 Å². The first-order valence-electron chi connectivity index (χ1n) is 8.81. The molecule has 0 bridgehead atoms. The lowest BCUT2D eigenvalue weighted by atomic mass is 9.82. The fourth-order valence-electron chi connectivity index (χ4n) is 3.61. The second-order valence-electron chi connectivity index (χ2n) is 6.67. The van der Waals surface area contributed by atoms with Crippen LogP contribution < -0.4 is 10.6 Å². The molecule has 3 atom stereocenters. The van der Waals surface area contributed by atoms with E-state index in [1.807, 2.05) is 18.2 Å². The van der Waals surface area contributed by atoms with Crippen LogP contribution in [0.2, 0.25) is 0 Å². The summed E-state index contributed by atoms with van der Waals surface area (Å²) in [5.41, 5.74) is 0.989. The molecule has 2 aromatic rings. The van der Waals surface area contributed by atoms with Gasteiger partial charge in [-0.05, 0) is 37.8 Å². The highest BCUT2D eigenvalue weighted by Gasteiger charge is 2.34. The van der Waals surface area contributed by atoms with Gasteiger partial charge in [0.15, 0.2) is 0 Å². The number of thiazole rings is 1. The van der Waals surface area contributed by atoms with E-state index in [1.165, 1.54) is 0 Å². The van der Waals surface area contributed by atoms with E-state index < -0.39 is 6.04 Å². The Labute approximate surface area is 150 Å². The number of rotatable bonds is 3. The van der Waals surface area contributed by atoms with Crippen molar-refractivity contribution in [2.45, 2.75) is 37.6 Å². The average molecular weight is 355 g/mol. The molecule has 4 rings (SSSR count). The van der Waals surface area contributed by atoms with Crippen molar-refractivity contribution in [3.8, 4) is 0 Å².